The molecule has 1 aromatic heterocycles. The molecule has 0 saturated carbocycles. The second kappa shape index (κ2) is 2.77. The smallest absolute Gasteiger partial charge is 0.0641 e. The van der Waals surface area contributed by atoms with Crippen molar-refractivity contribution in [2.24, 2.45) is 0 Å². The molecule has 1 N–H and O–H groups in total. The Morgan fingerprint density at radius 3 is 3.25 bits per heavy atom. The molecule has 1 unspecified atom stereocenters. The Hall–Kier alpha value is -1.05. The molecule has 1 aromatic rings. The molecule has 0 bridgehead atoms. The third-order valence-electron chi connectivity index (χ3n) is 2.62. The zero-order chi connectivity index (χ0) is 8.55. The van der Waals surface area contributed by atoms with E-state index in [1.54, 1.807) is 0 Å². The predicted octanol–water partition coefficient (Wildman–Crippen LogP) is 2.71. The van der Waals surface area contributed by atoms with Gasteiger partial charge < -0.3 is 0 Å². The highest BCUT2D eigenvalue weighted by atomic mass is 15.1. The second-order valence-electron chi connectivity index (χ2n) is 3.42. The number of hydrogen-bond acceptors (Lipinski definition) is 1. The van der Waals surface area contributed by atoms with Gasteiger partial charge in [-0.15, -0.1) is 0 Å². The molecule has 1 atom stereocenters. The minimum Gasteiger partial charge on any atom is -0.278 e. The van der Waals surface area contributed by atoms with Gasteiger partial charge in [-0.25, -0.2) is 0 Å². The molecule has 2 nitrogen and oxygen atoms in total. The van der Waals surface area contributed by atoms with Crippen LogP contribution in [-0.4, -0.2) is 10.2 Å². The fraction of sp³-hybridized carbons (Fsp3) is 0.500. The van der Waals surface area contributed by atoms with Crippen molar-refractivity contribution in [3.05, 3.63) is 23.5 Å². The van der Waals surface area contributed by atoms with E-state index >= 15 is 0 Å². The zero-order valence-corrected chi connectivity index (χ0v) is 7.59. The van der Waals surface area contributed by atoms with E-state index in [1.165, 1.54) is 16.8 Å². The molecule has 0 aromatic carbocycles. The number of fused-ring (bicyclic) bond motifs is 1. The summed E-state index contributed by atoms with van der Waals surface area (Å²) < 4.78 is 0. The molecule has 0 aliphatic heterocycles. The van der Waals surface area contributed by atoms with Crippen LogP contribution in [0.4, 0.5) is 0 Å². The summed E-state index contributed by atoms with van der Waals surface area (Å²) in [4.78, 5) is 0. The lowest BCUT2D eigenvalue weighted by Crippen LogP contribution is -2.01. The van der Waals surface area contributed by atoms with E-state index < -0.39 is 0 Å². The summed E-state index contributed by atoms with van der Waals surface area (Å²) in [6, 6.07) is 0. The summed E-state index contributed by atoms with van der Waals surface area (Å²) in [5, 5.41) is 7.16. The number of aromatic nitrogens is 2. The van der Waals surface area contributed by atoms with Crippen molar-refractivity contribution in [1.82, 2.24) is 10.2 Å². The largest absolute Gasteiger partial charge is 0.278 e. The van der Waals surface area contributed by atoms with Gasteiger partial charge in [-0.05, 0) is 24.3 Å². The van der Waals surface area contributed by atoms with E-state index in [-0.39, 0.29) is 0 Å². The van der Waals surface area contributed by atoms with E-state index in [9.17, 15) is 0 Å². The van der Waals surface area contributed by atoms with Crippen LogP contribution in [0.25, 0.3) is 5.57 Å². The maximum Gasteiger partial charge on any atom is 0.0641 e. The van der Waals surface area contributed by atoms with E-state index in [1.807, 2.05) is 6.20 Å². The molecule has 0 radical (unpaired) electrons. The predicted molar refractivity (Wildman–Crippen MR) is 49.9 cm³/mol. The quantitative estimate of drug-likeness (QED) is 0.675. The normalized spacial score (nSPS) is 21.8. The van der Waals surface area contributed by atoms with E-state index in [4.69, 9.17) is 0 Å². The van der Waals surface area contributed by atoms with Gasteiger partial charge in [0.05, 0.1) is 11.9 Å². The molecular formula is C10H14N2. The molecule has 0 spiro atoms. The zero-order valence-electron chi connectivity index (χ0n) is 7.59. The van der Waals surface area contributed by atoms with Gasteiger partial charge in [-0.3, -0.25) is 5.10 Å². The van der Waals surface area contributed by atoms with Gasteiger partial charge in [0.15, 0.2) is 0 Å². The number of rotatable bonds is 1. The van der Waals surface area contributed by atoms with E-state index in [0.29, 0.717) is 5.92 Å². The van der Waals surface area contributed by atoms with Gasteiger partial charge in [0, 0.05) is 5.56 Å². The highest BCUT2D eigenvalue weighted by molar-refractivity contribution is 5.67. The molecule has 0 saturated heterocycles. The average molecular weight is 162 g/mol. The standard InChI is InChI=1S/C10H14N2/c1-3-8-5-4-7(2)9-6-11-12-10(8)9/h5-7H,3-4H2,1-2H3,(H,11,12). The topological polar surface area (TPSA) is 28.7 Å². The highest BCUT2D eigenvalue weighted by Gasteiger charge is 2.18. The Labute approximate surface area is 72.7 Å². The van der Waals surface area contributed by atoms with Gasteiger partial charge in [-0.2, -0.15) is 5.10 Å². The average Bonchev–Trinajstić information content (AvgIpc) is 2.54. The summed E-state index contributed by atoms with van der Waals surface area (Å²) in [6.07, 6.45) is 6.55. The SMILES string of the molecule is CCC1=CCC(C)c2cn[nH]c21. The monoisotopic (exact) mass is 162 g/mol. The molecule has 1 heterocycles. The van der Waals surface area contributed by atoms with Crippen LogP contribution >= 0.6 is 0 Å². The van der Waals surface area contributed by atoms with Gasteiger partial charge in [0.25, 0.3) is 0 Å². The van der Waals surface area contributed by atoms with Gasteiger partial charge in [0.1, 0.15) is 0 Å². The molecule has 12 heavy (non-hydrogen) atoms. The Balaban J connectivity index is 2.47. The molecule has 64 valence electrons. The first kappa shape index (κ1) is 7.59. The number of allylic oxidation sites excluding steroid dienone is 2. The van der Waals surface area contributed by atoms with Crippen LogP contribution in [0, 0.1) is 0 Å². The first-order valence-electron chi connectivity index (χ1n) is 4.55. The third-order valence-corrected chi connectivity index (χ3v) is 2.62. The molecule has 1 aliphatic carbocycles. The number of hydrogen-bond donors (Lipinski definition) is 1. The molecule has 2 heteroatoms. The van der Waals surface area contributed by atoms with Crippen LogP contribution in [0.15, 0.2) is 12.3 Å². The summed E-state index contributed by atoms with van der Waals surface area (Å²) >= 11 is 0. The number of nitrogens with one attached hydrogen (secondary N) is 1. The fourth-order valence-corrected chi connectivity index (χ4v) is 1.80. The van der Waals surface area contributed by atoms with Crippen LogP contribution < -0.4 is 0 Å². The van der Waals surface area contributed by atoms with Crippen molar-refractivity contribution < 1.29 is 0 Å². The molecule has 0 fully saturated rings. The van der Waals surface area contributed by atoms with Crippen LogP contribution in [0.2, 0.25) is 0 Å². The lowest BCUT2D eigenvalue weighted by molar-refractivity contribution is 0.764. The summed E-state index contributed by atoms with van der Waals surface area (Å²) in [5.74, 6) is 0.633. The summed E-state index contributed by atoms with van der Waals surface area (Å²) in [5.41, 5.74) is 4.06. The first-order chi connectivity index (χ1) is 5.83. The van der Waals surface area contributed by atoms with Crippen molar-refractivity contribution in [3.63, 3.8) is 0 Å². The maximum absolute atomic E-state index is 4.09. The number of nitrogens with zero attached hydrogens (tertiary/aromatic N) is 1. The highest BCUT2D eigenvalue weighted by Crippen LogP contribution is 2.33. The number of H-pyrrole nitrogens is 1. The van der Waals surface area contributed by atoms with Crippen molar-refractivity contribution in [1.29, 1.82) is 0 Å². The van der Waals surface area contributed by atoms with E-state index in [0.717, 1.165) is 12.8 Å². The van der Waals surface area contributed by atoms with E-state index in [2.05, 4.69) is 30.1 Å². The lowest BCUT2D eigenvalue weighted by Gasteiger charge is -2.17. The summed E-state index contributed by atoms with van der Waals surface area (Å²) in [7, 11) is 0. The Bertz CT molecular complexity index is 309. The van der Waals surface area contributed by atoms with Crippen LogP contribution in [0.3, 0.4) is 0 Å². The summed E-state index contributed by atoms with van der Waals surface area (Å²) in [6.45, 7) is 4.43. The van der Waals surface area contributed by atoms with Crippen molar-refractivity contribution in [2.45, 2.75) is 32.6 Å². The third kappa shape index (κ3) is 0.986. The van der Waals surface area contributed by atoms with Gasteiger partial charge >= 0.3 is 0 Å². The van der Waals surface area contributed by atoms with Crippen LogP contribution in [0.1, 0.15) is 43.9 Å². The minimum atomic E-state index is 0.633. The minimum absolute atomic E-state index is 0.633. The molecule has 1 aliphatic rings. The fourth-order valence-electron chi connectivity index (χ4n) is 1.80. The van der Waals surface area contributed by atoms with Gasteiger partial charge in [-0.1, -0.05) is 19.9 Å². The molecular weight excluding hydrogens is 148 g/mol. The lowest BCUT2D eigenvalue weighted by atomic mass is 9.88. The first-order valence-corrected chi connectivity index (χ1v) is 4.55. The van der Waals surface area contributed by atoms with Crippen molar-refractivity contribution >= 4 is 5.57 Å². The van der Waals surface area contributed by atoms with Gasteiger partial charge in [0.2, 0.25) is 0 Å². The second-order valence-corrected chi connectivity index (χ2v) is 3.42. The van der Waals surface area contributed by atoms with Crippen molar-refractivity contribution in [3.8, 4) is 0 Å². The van der Waals surface area contributed by atoms with Crippen molar-refractivity contribution in [2.75, 3.05) is 0 Å². The maximum atomic E-state index is 4.09. The van der Waals surface area contributed by atoms with Crippen LogP contribution in [0.5, 0.6) is 0 Å². The number of aromatic amines is 1. The Morgan fingerprint density at radius 2 is 2.50 bits per heavy atom. The molecule has 2 rings (SSSR count). The molecule has 0 amide bonds. The Kier molecular flexibility index (Phi) is 1.75. The Morgan fingerprint density at radius 1 is 1.67 bits per heavy atom. The van der Waals surface area contributed by atoms with Crippen LogP contribution in [-0.2, 0) is 0 Å².